The molecule has 16 heavy (non-hydrogen) atoms. The molecule has 0 spiro atoms. The molecule has 0 atom stereocenters. The molecule has 0 heterocycles. The van der Waals surface area contributed by atoms with Gasteiger partial charge in [0.2, 0.25) is 5.91 Å². The summed E-state index contributed by atoms with van der Waals surface area (Å²) in [6.45, 7) is 9.76. The van der Waals surface area contributed by atoms with Gasteiger partial charge in [0.15, 0.2) is 0 Å². The van der Waals surface area contributed by atoms with Crippen LogP contribution in [0.25, 0.3) is 0 Å². The van der Waals surface area contributed by atoms with Crippen LogP contribution < -0.4 is 5.32 Å². The lowest BCUT2D eigenvalue weighted by Gasteiger charge is -2.11. The Balaban J connectivity index is 0.00000106. The molecule has 1 amide bonds. The van der Waals surface area contributed by atoms with Gasteiger partial charge in [0, 0.05) is 12.6 Å². The summed E-state index contributed by atoms with van der Waals surface area (Å²) in [5.74, 6) is -0.00652. The van der Waals surface area contributed by atoms with Crippen LogP contribution in [0, 0.1) is 6.92 Å². The maximum atomic E-state index is 11.0. The average Bonchev–Trinajstić information content (AvgIpc) is 2.25. The Morgan fingerprint density at radius 3 is 2.44 bits per heavy atom. The van der Waals surface area contributed by atoms with Gasteiger partial charge in [0.05, 0.1) is 0 Å². The second-order valence-corrected chi connectivity index (χ2v) is 3.53. The summed E-state index contributed by atoms with van der Waals surface area (Å²) in [7, 11) is 0. The highest BCUT2D eigenvalue weighted by molar-refractivity contribution is 5.89. The summed E-state index contributed by atoms with van der Waals surface area (Å²) >= 11 is 0. The molecule has 90 valence electrons. The minimum Gasteiger partial charge on any atom is -0.326 e. The summed E-state index contributed by atoms with van der Waals surface area (Å²) in [6.07, 6.45) is 2.11. The van der Waals surface area contributed by atoms with Crippen LogP contribution in [-0.2, 0) is 11.2 Å². The fourth-order valence-corrected chi connectivity index (χ4v) is 1.59. The Morgan fingerprint density at radius 2 is 1.94 bits per heavy atom. The summed E-state index contributed by atoms with van der Waals surface area (Å²) < 4.78 is 0. The molecule has 2 nitrogen and oxygen atoms in total. The van der Waals surface area contributed by atoms with Crippen molar-refractivity contribution in [2.24, 2.45) is 0 Å². The zero-order chi connectivity index (χ0) is 12.6. The largest absolute Gasteiger partial charge is 0.326 e. The first kappa shape index (κ1) is 14.7. The summed E-state index contributed by atoms with van der Waals surface area (Å²) in [4.78, 5) is 11.0. The van der Waals surface area contributed by atoms with Crippen LogP contribution in [-0.4, -0.2) is 5.91 Å². The predicted molar refractivity (Wildman–Crippen MR) is 70.8 cm³/mol. The van der Waals surface area contributed by atoms with Crippen molar-refractivity contribution in [3.63, 3.8) is 0 Å². The number of carbonyl (C=O) groups excluding carboxylic acids is 1. The fourth-order valence-electron chi connectivity index (χ4n) is 1.59. The number of hydrogen-bond donors (Lipinski definition) is 1. The monoisotopic (exact) mass is 221 g/mol. The summed E-state index contributed by atoms with van der Waals surface area (Å²) in [5.41, 5.74) is 3.46. The van der Waals surface area contributed by atoms with Crippen LogP contribution >= 0.6 is 0 Å². The molecular formula is C14H23NO. The number of amides is 1. The van der Waals surface area contributed by atoms with Gasteiger partial charge in [0.1, 0.15) is 0 Å². The molecule has 0 aliphatic rings. The van der Waals surface area contributed by atoms with E-state index < -0.39 is 0 Å². The zero-order valence-electron chi connectivity index (χ0n) is 11.1. The van der Waals surface area contributed by atoms with Crippen molar-refractivity contribution in [2.45, 2.75) is 47.5 Å². The normalized spacial score (nSPS) is 9.06. The number of hydrogen-bond acceptors (Lipinski definition) is 1. The third kappa shape index (κ3) is 4.47. The lowest BCUT2D eigenvalue weighted by Crippen LogP contribution is -2.08. The van der Waals surface area contributed by atoms with Gasteiger partial charge in [0.25, 0.3) is 0 Å². The molecule has 0 aromatic heterocycles. The van der Waals surface area contributed by atoms with Gasteiger partial charge in [-0.2, -0.15) is 0 Å². The molecule has 2 heteroatoms. The van der Waals surface area contributed by atoms with Crippen LogP contribution in [0.3, 0.4) is 0 Å². The zero-order valence-corrected chi connectivity index (χ0v) is 11.1. The molecule has 0 unspecified atom stereocenters. The molecule has 1 aromatic rings. The van der Waals surface area contributed by atoms with Crippen LogP contribution in [0.4, 0.5) is 5.69 Å². The van der Waals surface area contributed by atoms with Crippen molar-refractivity contribution < 1.29 is 4.79 Å². The van der Waals surface area contributed by atoms with Crippen molar-refractivity contribution in [1.29, 1.82) is 0 Å². The molecular weight excluding hydrogens is 198 g/mol. The maximum Gasteiger partial charge on any atom is 0.221 e. The maximum absolute atomic E-state index is 11.0. The minimum atomic E-state index is -0.00652. The lowest BCUT2D eigenvalue weighted by atomic mass is 10.0. The van der Waals surface area contributed by atoms with Crippen molar-refractivity contribution in [1.82, 2.24) is 0 Å². The number of rotatable bonds is 3. The SMILES string of the molecule is CC.CCCc1c(C)cccc1NC(C)=O. The number of anilines is 1. The molecule has 0 bridgehead atoms. The van der Waals surface area contributed by atoms with Crippen LogP contribution in [0.2, 0.25) is 0 Å². The van der Waals surface area contributed by atoms with Gasteiger partial charge >= 0.3 is 0 Å². The first-order chi connectivity index (χ1) is 7.65. The number of benzene rings is 1. The van der Waals surface area contributed by atoms with Crippen molar-refractivity contribution in [3.8, 4) is 0 Å². The predicted octanol–water partition coefficient (Wildman–Crippen LogP) is 3.93. The number of carbonyl (C=O) groups is 1. The Labute approximate surface area is 99.1 Å². The fraction of sp³-hybridized carbons (Fsp3) is 0.500. The highest BCUT2D eigenvalue weighted by Crippen LogP contribution is 2.20. The van der Waals surface area contributed by atoms with Crippen LogP contribution in [0.5, 0.6) is 0 Å². The Hall–Kier alpha value is -1.31. The highest BCUT2D eigenvalue weighted by atomic mass is 16.1. The van der Waals surface area contributed by atoms with Crippen molar-refractivity contribution >= 4 is 11.6 Å². The van der Waals surface area contributed by atoms with Gasteiger partial charge in [-0.15, -0.1) is 0 Å². The molecule has 1 N–H and O–H groups in total. The second kappa shape index (κ2) is 7.91. The van der Waals surface area contributed by atoms with E-state index in [4.69, 9.17) is 0 Å². The Bertz CT molecular complexity index is 332. The van der Waals surface area contributed by atoms with E-state index in [0.29, 0.717) is 0 Å². The first-order valence-electron chi connectivity index (χ1n) is 6.01. The van der Waals surface area contributed by atoms with Crippen molar-refractivity contribution in [3.05, 3.63) is 29.3 Å². The van der Waals surface area contributed by atoms with Gasteiger partial charge in [-0.1, -0.05) is 39.3 Å². The summed E-state index contributed by atoms with van der Waals surface area (Å²) in [6, 6.07) is 6.01. The Morgan fingerprint density at radius 1 is 1.31 bits per heavy atom. The van der Waals surface area contributed by atoms with E-state index in [1.54, 1.807) is 0 Å². The molecule has 0 fully saturated rings. The average molecular weight is 221 g/mol. The first-order valence-corrected chi connectivity index (χ1v) is 6.01. The minimum absolute atomic E-state index is 0.00652. The smallest absolute Gasteiger partial charge is 0.221 e. The van der Waals surface area contributed by atoms with Crippen molar-refractivity contribution in [2.75, 3.05) is 5.32 Å². The summed E-state index contributed by atoms with van der Waals surface area (Å²) in [5, 5.41) is 2.86. The third-order valence-electron chi connectivity index (χ3n) is 2.22. The van der Waals surface area contributed by atoms with E-state index >= 15 is 0 Å². The number of aryl methyl sites for hydroxylation is 1. The van der Waals surface area contributed by atoms with E-state index in [2.05, 4.69) is 25.2 Å². The van der Waals surface area contributed by atoms with Gasteiger partial charge in [-0.3, -0.25) is 4.79 Å². The third-order valence-corrected chi connectivity index (χ3v) is 2.22. The molecule has 0 aliphatic carbocycles. The van der Waals surface area contributed by atoms with Crippen LogP contribution in [0.1, 0.15) is 45.2 Å². The molecule has 0 radical (unpaired) electrons. The lowest BCUT2D eigenvalue weighted by molar-refractivity contribution is -0.114. The molecule has 1 aromatic carbocycles. The van der Waals surface area contributed by atoms with E-state index in [9.17, 15) is 4.79 Å². The second-order valence-electron chi connectivity index (χ2n) is 3.53. The molecule has 0 aliphatic heterocycles. The van der Waals surface area contributed by atoms with Gasteiger partial charge in [-0.25, -0.2) is 0 Å². The van der Waals surface area contributed by atoms with Crippen LogP contribution in [0.15, 0.2) is 18.2 Å². The topological polar surface area (TPSA) is 29.1 Å². The molecule has 0 saturated carbocycles. The molecule has 1 rings (SSSR count). The highest BCUT2D eigenvalue weighted by Gasteiger charge is 2.05. The van der Waals surface area contributed by atoms with E-state index in [1.165, 1.54) is 18.1 Å². The standard InChI is InChI=1S/C12H17NO.C2H6/c1-4-6-11-9(2)7-5-8-12(11)13-10(3)14;1-2/h5,7-8H,4,6H2,1-3H3,(H,13,14);1-2H3. The van der Waals surface area contributed by atoms with E-state index in [-0.39, 0.29) is 5.91 Å². The van der Waals surface area contributed by atoms with Gasteiger partial charge < -0.3 is 5.32 Å². The number of nitrogens with one attached hydrogen (secondary N) is 1. The molecule has 0 saturated heterocycles. The quantitative estimate of drug-likeness (QED) is 0.823. The van der Waals surface area contributed by atoms with E-state index in [1.807, 2.05) is 26.0 Å². The van der Waals surface area contributed by atoms with Gasteiger partial charge in [-0.05, 0) is 30.5 Å². The van der Waals surface area contributed by atoms with E-state index in [0.717, 1.165) is 18.5 Å². The Kier molecular flexibility index (Phi) is 7.27.